The number of ether oxygens (including phenoxy) is 15. The summed E-state index contributed by atoms with van der Waals surface area (Å²) in [6.07, 6.45) is -75.2. The highest BCUT2D eigenvalue weighted by Gasteiger charge is 2.61. The van der Waals surface area contributed by atoms with E-state index in [1.54, 1.807) is 0 Å². The van der Waals surface area contributed by atoms with E-state index in [0.29, 0.717) is 0 Å². The first-order chi connectivity index (χ1) is 43.9. The third-order valence-corrected chi connectivity index (χ3v) is 17.4. The molecule has 8 heterocycles. The first-order valence-corrected chi connectivity index (χ1v) is 29.9. The summed E-state index contributed by atoms with van der Waals surface area (Å²) >= 11 is 0. The molecule has 0 spiro atoms. The molecule has 8 fully saturated rings. The highest BCUT2D eigenvalue weighted by molar-refractivity contribution is 5.73. The van der Waals surface area contributed by atoms with E-state index in [1.165, 1.54) is 13.8 Å². The summed E-state index contributed by atoms with van der Waals surface area (Å²) in [5.41, 5.74) is 0. The summed E-state index contributed by atoms with van der Waals surface area (Å²) in [4.78, 5) is 26.2. The van der Waals surface area contributed by atoms with Gasteiger partial charge in [-0.25, -0.2) is 0 Å². The molecule has 2 amide bonds. The van der Waals surface area contributed by atoms with Crippen LogP contribution >= 0.6 is 0 Å². The topological polar surface area (TPSA) is 642 Å². The summed E-state index contributed by atoms with van der Waals surface area (Å²) in [5, 5.41) is 246. The Morgan fingerprint density at radius 1 is 0.280 bits per heavy atom. The molecular weight excluding hydrogens is 1280 g/mol. The average molecular weight is 1370 g/mol. The maximum absolute atomic E-state index is 13.2. The van der Waals surface area contributed by atoms with Gasteiger partial charge >= 0.3 is 0 Å². The van der Waals surface area contributed by atoms with Gasteiger partial charge in [0, 0.05) is 13.8 Å². The monoisotopic (exact) mass is 1360 g/mol. The third kappa shape index (κ3) is 16.2. The van der Waals surface area contributed by atoms with Crippen LogP contribution in [0.25, 0.3) is 0 Å². The fourth-order valence-corrected chi connectivity index (χ4v) is 12.1. The second kappa shape index (κ2) is 32.6. The van der Waals surface area contributed by atoms with Crippen LogP contribution in [0, 0.1) is 0 Å². The molecule has 1 unspecified atom stereocenters. The van der Waals surface area contributed by atoms with Gasteiger partial charge in [-0.15, -0.1) is 0 Å². The van der Waals surface area contributed by atoms with Crippen LogP contribution in [-0.2, 0) is 80.6 Å². The maximum atomic E-state index is 13.2. The van der Waals surface area contributed by atoms with E-state index >= 15 is 0 Å². The molecule has 0 aromatic rings. The smallest absolute Gasteiger partial charge is 0.217 e. The molecule has 24 N–H and O–H groups in total. The number of carbonyl (C=O) groups is 2. The van der Waals surface area contributed by atoms with E-state index in [9.17, 15) is 122 Å². The minimum absolute atomic E-state index is 0.936. The zero-order valence-electron chi connectivity index (χ0n) is 50.1. The molecule has 8 rings (SSSR count). The van der Waals surface area contributed by atoms with Gasteiger partial charge in [0.1, 0.15) is 183 Å². The van der Waals surface area contributed by atoms with Gasteiger partial charge in [-0.05, 0) is 13.8 Å². The Bertz CT molecular complexity index is 2350. The Balaban J connectivity index is 1.12. The minimum atomic E-state index is -2.28. The summed E-state index contributed by atoms with van der Waals surface area (Å²) in [6.45, 7) is -2.04. The lowest BCUT2D eigenvalue weighted by atomic mass is 9.93. The Morgan fingerprint density at radius 3 is 1.13 bits per heavy atom. The van der Waals surface area contributed by atoms with Gasteiger partial charge in [0.25, 0.3) is 0 Å². The van der Waals surface area contributed by atoms with Crippen molar-refractivity contribution in [1.29, 1.82) is 0 Å². The molecule has 0 aliphatic carbocycles. The van der Waals surface area contributed by atoms with E-state index in [2.05, 4.69) is 10.6 Å². The van der Waals surface area contributed by atoms with E-state index in [1.807, 2.05) is 0 Å². The second-order valence-corrected chi connectivity index (χ2v) is 23.8. The van der Waals surface area contributed by atoms with Crippen LogP contribution in [0.3, 0.4) is 0 Å². The Morgan fingerprint density at radius 2 is 0.613 bits per heavy atom. The lowest BCUT2D eigenvalue weighted by molar-refractivity contribution is -0.406. The molecule has 540 valence electrons. The van der Waals surface area contributed by atoms with Crippen LogP contribution in [0.1, 0.15) is 27.7 Å². The molecule has 8 saturated heterocycles. The van der Waals surface area contributed by atoms with Gasteiger partial charge in [0.2, 0.25) is 11.8 Å². The minimum Gasteiger partial charge on any atom is -0.394 e. The highest BCUT2D eigenvalue weighted by Crippen LogP contribution is 2.40. The van der Waals surface area contributed by atoms with Crippen LogP contribution < -0.4 is 10.6 Å². The number of carbonyl (C=O) groups excluding carboxylic acids is 2. The zero-order chi connectivity index (χ0) is 68.5. The van der Waals surface area contributed by atoms with Crippen LogP contribution in [0.4, 0.5) is 0 Å². The summed E-state index contributed by atoms with van der Waals surface area (Å²) in [5.74, 6) is -1.89. The lowest BCUT2D eigenvalue weighted by Gasteiger charge is -2.52. The number of nitrogens with one attached hydrogen (secondary N) is 2. The van der Waals surface area contributed by atoms with Crippen molar-refractivity contribution in [1.82, 2.24) is 10.6 Å². The van der Waals surface area contributed by atoms with Crippen LogP contribution in [0.5, 0.6) is 0 Å². The first kappa shape index (κ1) is 76.2. The van der Waals surface area contributed by atoms with Gasteiger partial charge in [0.05, 0.1) is 51.8 Å². The van der Waals surface area contributed by atoms with Crippen molar-refractivity contribution in [2.45, 2.75) is 273 Å². The molecule has 93 heavy (non-hydrogen) atoms. The number of hydrogen-bond donors (Lipinski definition) is 24. The zero-order valence-corrected chi connectivity index (χ0v) is 50.1. The average Bonchev–Trinajstić information content (AvgIpc) is 0.797. The van der Waals surface area contributed by atoms with Crippen LogP contribution in [0.15, 0.2) is 0 Å². The molecule has 0 radical (unpaired) electrons. The molecule has 41 nitrogen and oxygen atoms in total. The third-order valence-electron chi connectivity index (χ3n) is 17.4. The molecular formula is C52H88N2O39. The van der Waals surface area contributed by atoms with Crippen molar-refractivity contribution in [2.75, 3.05) is 39.6 Å². The predicted molar refractivity (Wildman–Crippen MR) is 285 cm³/mol. The predicted octanol–water partition coefficient (Wildman–Crippen LogP) is -16.1. The van der Waals surface area contributed by atoms with Gasteiger partial charge in [-0.2, -0.15) is 0 Å². The molecule has 0 aromatic heterocycles. The van der Waals surface area contributed by atoms with E-state index in [0.717, 1.165) is 13.8 Å². The van der Waals surface area contributed by atoms with Crippen molar-refractivity contribution >= 4 is 11.8 Å². The molecule has 40 atom stereocenters. The lowest BCUT2D eigenvalue weighted by Crippen LogP contribution is -2.71. The van der Waals surface area contributed by atoms with Crippen molar-refractivity contribution in [2.24, 2.45) is 0 Å². The number of aliphatic hydroxyl groups excluding tert-OH is 22. The molecule has 0 aromatic carbocycles. The van der Waals surface area contributed by atoms with Gasteiger partial charge in [-0.3, -0.25) is 9.59 Å². The molecule has 0 bridgehead atoms. The highest BCUT2D eigenvalue weighted by atomic mass is 16.8. The van der Waals surface area contributed by atoms with Crippen molar-refractivity contribution in [3.8, 4) is 0 Å². The standard InChI is InChI=1S/C52H88N2O39/c1-11-23(63)30(70)35(75)48(79-11)92-43-32(72)25(65)15(5-55)84-51(43)89-40-22(54-14(4)62)47(82-16(6-56)26(40)66)91-42-28(68)18(8-58)85-52(44(42)93-49-36(76)31(71)24(64)12(2)80-49)88-38-20(10-60)86-46(21(29(38)69)53-13(3)61)90-41-27(67)17(7-57)83-50(37(41)77)87-39-19(9-59)81-45(78)34(74)33(39)73/h11-12,15-52,55-60,63-78H,5-10H2,1-4H3,(H,53,61)(H,54,62)/t11-,12-,15+,16+,17+,18+,19+,20+,21+,22+,23+,24+,25-,26-,27-,28-,29+,30+,31+,32-,33+,34+,35-,36-,37+,38+,39+,40+,41-,42-,43+,44+,45?,46-,47+,48-,49-,50-,51-,52-/m0/s1. The van der Waals surface area contributed by atoms with Crippen molar-refractivity contribution < 1.29 is 193 Å². The number of hydrogen-bond acceptors (Lipinski definition) is 39. The number of amides is 2. The van der Waals surface area contributed by atoms with E-state index in [-0.39, 0.29) is 0 Å². The van der Waals surface area contributed by atoms with Crippen molar-refractivity contribution in [3.63, 3.8) is 0 Å². The SMILES string of the molecule is CC(=O)N[C@H]1[C@H](O[C@H]2[C@@H](O)[C@@H](CO)O[C@@H](O[C@H]3[C@H](O)[C@@H](O)C(O)O[C@@H]3CO)[C@@H]2O)O[C@H](CO)[C@@H](O[C@@H]2O[C@H](CO)[C@H](O)[C@H](O[C@H]3O[C@H](CO)[C@H](O)[C@H](O[C@@H]4O[C@H](CO)[C@H](O)[C@H](O)[C@H]4O[C@@H]4O[C@@H](C)[C@@H](O)[C@@H](O)[C@@H]4O)[C@H]3NC(C)=O)[C@H]2O[C@@H]2O[C@@H](C)[C@@H](O)[C@@H](O)[C@@H]2O)[C@@H]1O. The number of rotatable bonds is 22. The largest absolute Gasteiger partial charge is 0.394 e. The fourth-order valence-electron chi connectivity index (χ4n) is 12.1. The number of aliphatic hydroxyl groups is 22. The Kier molecular flexibility index (Phi) is 26.7. The maximum Gasteiger partial charge on any atom is 0.217 e. The second-order valence-electron chi connectivity index (χ2n) is 23.8. The van der Waals surface area contributed by atoms with E-state index < -0.39 is 297 Å². The van der Waals surface area contributed by atoms with Gasteiger partial charge in [-0.1, -0.05) is 0 Å². The summed E-state index contributed by atoms with van der Waals surface area (Å²) in [6, 6.07) is -3.89. The van der Waals surface area contributed by atoms with Gasteiger partial charge in [0.15, 0.2) is 50.3 Å². The van der Waals surface area contributed by atoms with Crippen LogP contribution in [-0.4, -0.2) is 409 Å². The fraction of sp³-hybridized carbons (Fsp3) is 0.962. The Hall–Kier alpha value is -2.54. The molecule has 41 heteroatoms. The summed E-state index contributed by atoms with van der Waals surface area (Å²) in [7, 11) is 0. The summed E-state index contributed by atoms with van der Waals surface area (Å²) < 4.78 is 88.5. The van der Waals surface area contributed by atoms with Crippen molar-refractivity contribution in [3.05, 3.63) is 0 Å². The van der Waals surface area contributed by atoms with Gasteiger partial charge < -0.3 is 194 Å². The quantitative estimate of drug-likeness (QED) is 0.0479. The van der Waals surface area contributed by atoms with E-state index in [4.69, 9.17) is 71.1 Å². The Labute approximate surface area is 527 Å². The molecule has 8 aliphatic rings. The molecule has 0 saturated carbocycles. The molecule has 8 aliphatic heterocycles. The normalized spacial score (nSPS) is 51.6. The van der Waals surface area contributed by atoms with Crippen LogP contribution in [0.2, 0.25) is 0 Å². The first-order valence-electron chi connectivity index (χ1n) is 29.9.